The first-order chi connectivity index (χ1) is 13.1. The Morgan fingerprint density at radius 3 is 2.85 bits per heavy atom. The predicted octanol–water partition coefficient (Wildman–Crippen LogP) is 3.15. The SMILES string of the molecule is O=C(Nc1ccc2c(c1)CNC2C(=O)Cn1cccn1)c1ccccc1I. The average molecular weight is 472 g/mol. The van der Waals surface area contributed by atoms with Crippen molar-refractivity contribution < 1.29 is 9.59 Å². The Labute approximate surface area is 170 Å². The second kappa shape index (κ2) is 7.61. The molecule has 0 spiro atoms. The second-order valence-corrected chi connectivity index (χ2v) is 7.49. The molecular weight excluding hydrogens is 455 g/mol. The summed E-state index contributed by atoms with van der Waals surface area (Å²) < 4.78 is 2.53. The monoisotopic (exact) mass is 472 g/mol. The number of rotatable bonds is 5. The number of hydrogen-bond acceptors (Lipinski definition) is 4. The number of ketones is 1. The number of fused-ring (bicyclic) bond motifs is 1. The van der Waals surface area contributed by atoms with Crippen molar-refractivity contribution in [2.75, 3.05) is 5.32 Å². The average Bonchev–Trinajstić information content (AvgIpc) is 3.31. The Balaban J connectivity index is 1.49. The fraction of sp³-hybridized carbons (Fsp3) is 0.150. The Bertz CT molecular complexity index is 1000. The molecule has 2 N–H and O–H groups in total. The second-order valence-electron chi connectivity index (χ2n) is 6.33. The zero-order chi connectivity index (χ0) is 18.8. The predicted molar refractivity (Wildman–Crippen MR) is 110 cm³/mol. The molecule has 27 heavy (non-hydrogen) atoms. The molecule has 0 bridgehead atoms. The van der Waals surface area contributed by atoms with E-state index in [1.54, 1.807) is 29.2 Å². The maximum Gasteiger partial charge on any atom is 0.256 e. The Kier molecular flexibility index (Phi) is 5.04. The molecule has 1 aliphatic rings. The van der Waals surface area contributed by atoms with Crippen molar-refractivity contribution in [1.82, 2.24) is 15.1 Å². The highest BCUT2D eigenvalue weighted by Gasteiger charge is 2.28. The van der Waals surface area contributed by atoms with Gasteiger partial charge in [-0.1, -0.05) is 18.2 Å². The van der Waals surface area contributed by atoms with E-state index < -0.39 is 0 Å². The molecule has 1 aromatic heterocycles. The molecule has 1 unspecified atom stereocenters. The van der Waals surface area contributed by atoms with Gasteiger partial charge in [-0.15, -0.1) is 0 Å². The minimum atomic E-state index is -0.343. The maximum atomic E-state index is 12.6. The van der Waals surface area contributed by atoms with Gasteiger partial charge in [-0.3, -0.25) is 19.6 Å². The maximum absolute atomic E-state index is 12.6. The molecule has 0 saturated carbocycles. The zero-order valence-corrected chi connectivity index (χ0v) is 16.5. The largest absolute Gasteiger partial charge is 0.322 e. The Morgan fingerprint density at radius 2 is 2.07 bits per heavy atom. The Hall–Kier alpha value is -2.52. The molecule has 6 nitrogen and oxygen atoms in total. The lowest BCUT2D eigenvalue weighted by Gasteiger charge is -2.12. The van der Waals surface area contributed by atoms with Crippen LogP contribution >= 0.6 is 22.6 Å². The van der Waals surface area contributed by atoms with E-state index in [-0.39, 0.29) is 24.3 Å². The van der Waals surface area contributed by atoms with E-state index in [1.165, 1.54) is 0 Å². The molecule has 1 atom stereocenters. The highest BCUT2D eigenvalue weighted by molar-refractivity contribution is 14.1. The molecular formula is C20H17IN4O2. The van der Waals surface area contributed by atoms with Crippen LogP contribution in [0.25, 0.3) is 0 Å². The normalized spacial score (nSPS) is 15.4. The minimum absolute atomic E-state index is 0.0630. The van der Waals surface area contributed by atoms with Crippen LogP contribution in [0.1, 0.15) is 27.5 Å². The zero-order valence-electron chi connectivity index (χ0n) is 14.4. The van der Waals surface area contributed by atoms with Crippen molar-refractivity contribution in [3.8, 4) is 0 Å². The summed E-state index contributed by atoms with van der Waals surface area (Å²) in [4.78, 5) is 25.1. The van der Waals surface area contributed by atoms with Crippen molar-refractivity contribution >= 4 is 40.0 Å². The highest BCUT2D eigenvalue weighted by Crippen LogP contribution is 2.29. The molecule has 0 radical (unpaired) electrons. The first-order valence-electron chi connectivity index (χ1n) is 8.54. The molecule has 4 rings (SSSR count). The summed E-state index contributed by atoms with van der Waals surface area (Å²) >= 11 is 2.15. The minimum Gasteiger partial charge on any atom is -0.322 e. The lowest BCUT2D eigenvalue weighted by molar-refractivity contribution is -0.121. The van der Waals surface area contributed by atoms with Crippen LogP contribution in [-0.2, 0) is 17.9 Å². The van der Waals surface area contributed by atoms with E-state index in [1.807, 2.05) is 36.4 Å². The van der Waals surface area contributed by atoms with Gasteiger partial charge >= 0.3 is 0 Å². The van der Waals surface area contributed by atoms with Gasteiger partial charge in [0.15, 0.2) is 5.78 Å². The van der Waals surface area contributed by atoms with Crippen molar-refractivity contribution in [3.63, 3.8) is 0 Å². The van der Waals surface area contributed by atoms with Gasteiger partial charge in [0.2, 0.25) is 0 Å². The summed E-state index contributed by atoms with van der Waals surface area (Å²) in [6.07, 6.45) is 3.43. The van der Waals surface area contributed by atoms with Gasteiger partial charge < -0.3 is 5.32 Å². The number of benzene rings is 2. The standard InChI is InChI=1S/C20H17IN4O2/c21-17-5-2-1-4-16(17)20(27)24-14-6-7-15-13(10-14)11-22-19(15)18(26)12-25-9-3-8-23-25/h1-10,19,22H,11-12H2,(H,24,27). The number of anilines is 1. The molecule has 0 saturated heterocycles. The highest BCUT2D eigenvalue weighted by atomic mass is 127. The van der Waals surface area contributed by atoms with Gasteiger partial charge in [-0.2, -0.15) is 5.10 Å². The molecule has 2 aromatic carbocycles. The lowest BCUT2D eigenvalue weighted by Crippen LogP contribution is -2.25. The van der Waals surface area contributed by atoms with Crippen molar-refractivity contribution in [1.29, 1.82) is 0 Å². The molecule has 2 heterocycles. The van der Waals surface area contributed by atoms with Gasteiger partial charge in [0.05, 0.1) is 11.6 Å². The first kappa shape index (κ1) is 17.9. The van der Waals surface area contributed by atoms with Gasteiger partial charge in [-0.05, 0) is 64.0 Å². The summed E-state index contributed by atoms with van der Waals surface area (Å²) in [6.45, 7) is 0.826. The number of halogens is 1. The van der Waals surface area contributed by atoms with Crippen LogP contribution in [0.5, 0.6) is 0 Å². The molecule has 0 aliphatic carbocycles. The van der Waals surface area contributed by atoms with E-state index in [0.717, 1.165) is 20.4 Å². The number of nitrogens with zero attached hydrogens (tertiary/aromatic N) is 2. The molecule has 1 amide bonds. The van der Waals surface area contributed by atoms with Crippen LogP contribution in [0.3, 0.4) is 0 Å². The molecule has 1 aliphatic heterocycles. The van der Waals surface area contributed by atoms with Crippen LogP contribution < -0.4 is 10.6 Å². The van der Waals surface area contributed by atoms with Gasteiger partial charge in [0, 0.05) is 28.2 Å². The summed E-state index contributed by atoms with van der Waals surface area (Å²) in [5.74, 6) is -0.0784. The first-order valence-corrected chi connectivity index (χ1v) is 9.62. The van der Waals surface area contributed by atoms with Crippen LogP contribution in [0.15, 0.2) is 60.9 Å². The number of Topliss-reactive ketones (excluding diaryl/α,β-unsaturated/α-hetero) is 1. The van der Waals surface area contributed by atoms with E-state index in [2.05, 4.69) is 38.3 Å². The third kappa shape index (κ3) is 3.79. The van der Waals surface area contributed by atoms with Crippen molar-refractivity contribution in [2.24, 2.45) is 0 Å². The quantitative estimate of drug-likeness (QED) is 0.560. The van der Waals surface area contributed by atoms with Crippen molar-refractivity contribution in [2.45, 2.75) is 19.1 Å². The summed E-state index contributed by atoms with van der Waals surface area (Å²) in [5, 5.41) is 10.3. The number of aromatic nitrogens is 2. The number of carbonyl (C=O) groups is 2. The summed E-state index contributed by atoms with van der Waals surface area (Å²) in [7, 11) is 0. The fourth-order valence-electron chi connectivity index (χ4n) is 3.22. The lowest BCUT2D eigenvalue weighted by atomic mass is 10.0. The van der Waals surface area contributed by atoms with E-state index >= 15 is 0 Å². The fourth-order valence-corrected chi connectivity index (χ4v) is 3.85. The molecule has 7 heteroatoms. The molecule has 3 aromatic rings. The number of hydrogen-bond donors (Lipinski definition) is 2. The van der Waals surface area contributed by atoms with Crippen LogP contribution in [0.2, 0.25) is 0 Å². The topological polar surface area (TPSA) is 76.0 Å². The van der Waals surface area contributed by atoms with Gasteiger partial charge in [0.25, 0.3) is 5.91 Å². The van der Waals surface area contributed by atoms with E-state index in [0.29, 0.717) is 12.1 Å². The summed E-state index contributed by atoms with van der Waals surface area (Å²) in [5.41, 5.74) is 3.35. The van der Waals surface area contributed by atoms with Crippen LogP contribution in [0, 0.1) is 3.57 Å². The number of carbonyl (C=O) groups excluding carboxylic acids is 2. The Morgan fingerprint density at radius 1 is 1.22 bits per heavy atom. The third-order valence-corrected chi connectivity index (χ3v) is 5.47. The van der Waals surface area contributed by atoms with Gasteiger partial charge in [-0.25, -0.2) is 0 Å². The molecule has 0 fully saturated rings. The van der Waals surface area contributed by atoms with Crippen LogP contribution in [-0.4, -0.2) is 21.5 Å². The van der Waals surface area contributed by atoms with E-state index in [4.69, 9.17) is 0 Å². The smallest absolute Gasteiger partial charge is 0.256 e. The van der Waals surface area contributed by atoms with Crippen LogP contribution in [0.4, 0.5) is 5.69 Å². The molecule has 136 valence electrons. The third-order valence-electron chi connectivity index (χ3n) is 4.53. The summed E-state index contributed by atoms with van der Waals surface area (Å²) in [6, 6.07) is 14.6. The number of amides is 1. The van der Waals surface area contributed by atoms with Gasteiger partial charge in [0.1, 0.15) is 6.54 Å². The van der Waals surface area contributed by atoms with E-state index in [9.17, 15) is 9.59 Å². The number of nitrogens with one attached hydrogen (secondary N) is 2. The van der Waals surface area contributed by atoms with Crippen molar-refractivity contribution in [3.05, 3.63) is 81.2 Å².